The maximum atomic E-state index is 11.9. The fraction of sp³-hybridized carbons (Fsp3) is 0.467. The van der Waals surface area contributed by atoms with Crippen molar-refractivity contribution in [2.24, 2.45) is 11.7 Å². The molecule has 0 aromatic heterocycles. The Labute approximate surface area is 113 Å². The van der Waals surface area contributed by atoms with Crippen molar-refractivity contribution in [1.82, 2.24) is 4.90 Å². The molecule has 102 valence electrons. The topological polar surface area (TPSA) is 63.4 Å². The van der Waals surface area contributed by atoms with Gasteiger partial charge in [-0.15, -0.1) is 0 Å². The maximum absolute atomic E-state index is 11.9. The summed E-state index contributed by atoms with van der Waals surface area (Å²) in [5.74, 6) is -0.0634. The van der Waals surface area contributed by atoms with E-state index in [1.807, 2.05) is 38.1 Å². The van der Waals surface area contributed by atoms with Crippen molar-refractivity contribution in [2.45, 2.75) is 32.7 Å². The van der Waals surface area contributed by atoms with E-state index in [9.17, 15) is 9.59 Å². The van der Waals surface area contributed by atoms with Crippen LogP contribution in [0.15, 0.2) is 24.3 Å². The Hall–Kier alpha value is -1.68. The van der Waals surface area contributed by atoms with Crippen LogP contribution in [0.2, 0.25) is 0 Å². The first-order chi connectivity index (χ1) is 8.99. The van der Waals surface area contributed by atoms with Gasteiger partial charge in [0.15, 0.2) is 0 Å². The molecule has 2 rings (SSSR count). The lowest BCUT2D eigenvalue weighted by Crippen LogP contribution is -2.46. The molecule has 1 aliphatic rings. The van der Waals surface area contributed by atoms with E-state index in [4.69, 9.17) is 5.73 Å². The van der Waals surface area contributed by atoms with Gasteiger partial charge in [0, 0.05) is 25.4 Å². The van der Waals surface area contributed by atoms with E-state index in [0.717, 1.165) is 11.1 Å². The Morgan fingerprint density at radius 2 is 1.84 bits per heavy atom. The van der Waals surface area contributed by atoms with Crippen molar-refractivity contribution < 1.29 is 9.59 Å². The average Bonchev–Trinajstić information content (AvgIpc) is 2.34. The first kappa shape index (κ1) is 13.7. The van der Waals surface area contributed by atoms with E-state index in [0.29, 0.717) is 12.8 Å². The summed E-state index contributed by atoms with van der Waals surface area (Å²) in [5, 5.41) is 0. The zero-order valence-corrected chi connectivity index (χ0v) is 11.4. The number of nitrogens with zero attached hydrogens (tertiary/aromatic N) is 1. The summed E-state index contributed by atoms with van der Waals surface area (Å²) < 4.78 is 0. The van der Waals surface area contributed by atoms with Gasteiger partial charge in [0.1, 0.15) is 0 Å². The van der Waals surface area contributed by atoms with E-state index in [1.165, 1.54) is 4.90 Å². The number of aryl methyl sites for hydroxylation is 1. The molecule has 1 atom stereocenters. The maximum Gasteiger partial charge on any atom is 0.229 e. The van der Waals surface area contributed by atoms with Gasteiger partial charge in [-0.2, -0.15) is 0 Å². The first-order valence-corrected chi connectivity index (χ1v) is 6.63. The Morgan fingerprint density at radius 1 is 1.26 bits per heavy atom. The molecule has 4 nitrogen and oxygen atoms in total. The van der Waals surface area contributed by atoms with E-state index in [-0.39, 0.29) is 30.3 Å². The molecule has 1 saturated heterocycles. The summed E-state index contributed by atoms with van der Waals surface area (Å²) >= 11 is 0. The second-order valence-corrected chi connectivity index (χ2v) is 5.37. The molecule has 1 unspecified atom stereocenters. The average molecular weight is 260 g/mol. The molecular weight excluding hydrogens is 240 g/mol. The normalized spacial score (nSPS) is 18.8. The molecule has 1 heterocycles. The molecule has 1 fully saturated rings. The van der Waals surface area contributed by atoms with Crippen LogP contribution in [-0.4, -0.2) is 23.3 Å². The molecule has 1 aliphatic heterocycles. The highest BCUT2D eigenvalue weighted by Crippen LogP contribution is 2.22. The number of nitrogens with two attached hydrogens (primary N) is 1. The van der Waals surface area contributed by atoms with Crippen LogP contribution in [0.1, 0.15) is 36.9 Å². The fourth-order valence-electron chi connectivity index (χ4n) is 2.53. The molecule has 0 spiro atoms. The largest absolute Gasteiger partial charge is 0.322 e. The molecule has 1 aromatic rings. The second-order valence-electron chi connectivity index (χ2n) is 5.37. The van der Waals surface area contributed by atoms with Crippen LogP contribution < -0.4 is 5.73 Å². The molecule has 0 radical (unpaired) electrons. The smallest absolute Gasteiger partial charge is 0.229 e. The summed E-state index contributed by atoms with van der Waals surface area (Å²) in [5.41, 5.74) is 8.21. The molecule has 19 heavy (non-hydrogen) atoms. The fourth-order valence-corrected chi connectivity index (χ4v) is 2.53. The Morgan fingerprint density at radius 3 is 2.42 bits per heavy atom. The summed E-state index contributed by atoms with van der Waals surface area (Å²) in [6.07, 6.45) is 0.873. The third kappa shape index (κ3) is 3.01. The quantitative estimate of drug-likeness (QED) is 0.843. The molecular formula is C15H20N2O2. The highest BCUT2D eigenvalue weighted by molar-refractivity contribution is 5.97. The molecule has 0 bridgehead atoms. The summed E-state index contributed by atoms with van der Waals surface area (Å²) in [6, 6.07) is 7.48. The third-order valence-electron chi connectivity index (χ3n) is 3.62. The van der Waals surface area contributed by atoms with Crippen molar-refractivity contribution in [3.05, 3.63) is 35.4 Å². The number of hydrogen-bond donors (Lipinski definition) is 1. The summed E-state index contributed by atoms with van der Waals surface area (Å²) in [4.78, 5) is 25.1. The zero-order chi connectivity index (χ0) is 14.0. The van der Waals surface area contributed by atoms with Crippen molar-refractivity contribution in [2.75, 3.05) is 6.54 Å². The highest BCUT2D eigenvalue weighted by atomic mass is 16.2. The number of imide groups is 1. The van der Waals surface area contributed by atoms with Crippen LogP contribution in [0.25, 0.3) is 0 Å². The van der Waals surface area contributed by atoms with Gasteiger partial charge in [-0.05, 0) is 24.0 Å². The van der Waals surface area contributed by atoms with E-state index in [1.54, 1.807) is 0 Å². The molecule has 0 saturated carbocycles. The van der Waals surface area contributed by atoms with Crippen molar-refractivity contribution in [1.29, 1.82) is 0 Å². The van der Waals surface area contributed by atoms with Crippen LogP contribution in [0.3, 0.4) is 0 Å². The van der Waals surface area contributed by atoms with Gasteiger partial charge in [-0.25, -0.2) is 0 Å². The SMILES string of the molecule is Cc1ccccc1C(N)CN1C(=O)CC(C)CC1=O. The molecule has 4 heteroatoms. The zero-order valence-electron chi connectivity index (χ0n) is 11.4. The lowest BCUT2D eigenvalue weighted by Gasteiger charge is -2.30. The standard InChI is InChI=1S/C15H20N2O2/c1-10-7-14(18)17(15(19)8-10)9-13(16)12-6-4-3-5-11(12)2/h3-6,10,13H,7-9,16H2,1-2H3. The van der Waals surface area contributed by atoms with Gasteiger partial charge in [0.05, 0.1) is 0 Å². The molecule has 2 N–H and O–H groups in total. The predicted octanol–water partition coefficient (Wildman–Crippen LogP) is 1.78. The van der Waals surface area contributed by atoms with Gasteiger partial charge >= 0.3 is 0 Å². The molecule has 2 amide bonds. The van der Waals surface area contributed by atoms with Crippen LogP contribution in [0, 0.1) is 12.8 Å². The van der Waals surface area contributed by atoms with Gasteiger partial charge in [0.25, 0.3) is 0 Å². The predicted molar refractivity (Wildman–Crippen MR) is 73.2 cm³/mol. The number of likely N-dealkylation sites (tertiary alicyclic amines) is 1. The van der Waals surface area contributed by atoms with Gasteiger partial charge < -0.3 is 5.73 Å². The minimum atomic E-state index is -0.317. The number of benzene rings is 1. The number of amides is 2. The molecule has 0 aliphatic carbocycles. The Bertz CT molecular complexity index is 481. The number of carbonyl (C=O) groups is 2. The minimum Gasteiger partial charge on any atom is -0.322 e. The third-order valence-corrected chi connectivity index (χ3v) is 3.62. The summed E-state index contributed by atoms with van der Waals surface area (Å²) in [6.45, 7) is 4.18. The lowest BCUT2D eigenvalue weighted by molar-refractivity contribution is -0.150. The van der Waals surface area contributed by atoms with Gasteiger partial charge in [0.2, 0.25) is 11.8 Å². The van der Waals surface area contributed by atoms with Crippen LogP contribution in [0.5, 0.6) is 0 Å². The van der Waals surface area contributed by atoms with Crippen molar-refractivity contribution in [3.63, 3.8) is 0 Å². The van der Waals surface area contributed by atoms with E-state index in [2.05, 4.69) is 0 Å². The van der Waals surface area contributed by atoms with Crippen LogP contribution in [0.4, 0.5) is 0 Å². The Kier molecular flexibility index (Phi) is 4.00. The van der Waals surface area contributed by atoms with Gasteiger partial charge in [-0.1, -0.05) is 31.2 Å². The first-order valence-electron chi connectivity index (χ1n) is 6.63. The number of hydrogen-bond acceptors (Lipinski definition) is 3. The second kappa shape index (κ2) is 5.53. The van der Waals surface area contributed by atoms with Crippen molar-refractivity contribution >= 4 is 11.8 Å². The monoisotopic (exact) mass is 260 g/mol. The van der Waals surface area contributed by atoms with E-state index < -0.39 is 0 Å². The number of piperidine rings is 1. The Balaban J connectivity index is 2.11. The number of rotatable bonds is 3. The van der Waals surface area contributed by atoms with Crippen LogP contribution in [-0.2, 0) is 9.59 Å². The van der Waals surface area contributed by atoms with Gasteiger partial charge in [-0.3, -0.25) is 14.5 Å². The van der Waals surface area contributed by atoms with E-state index >= 15 is 0 Å². The van der Waals surface area contributed by atoms with Crippen LogP contribution >= 0.6 is 0 Å². The minimum absolute atomic E-state index is 0.104. The lowest BCUT2D eigenvalue weighted by atomic mass is 9.96. The van der Waals surface area contributed by atoms with Crippen molar-refractivity contribution in [3.8, 4) is 0 Å². The highest BCUT2D eigenvalue weighted by Gasteiger charge is 2.31. The number of carbonyl (C=O) groups excluding carboxylic acids is 2. The summed E-state index contributed by atoms with van der Waals surface area (Å²) in [7, 11) is 0. The molecule has 1 aromatic carbocycles.